The smallest absolute Gasteiger partial charge is 0.229 e. The summed E-state index contributed by atoms with van der Waals surface area (Å²) in [5.41, 5.74) is 2.79. The molecule has 0 saturated carbocycles. The maximum atomic E-state index is 11.7. The molecule has 0 fully saturated rings. The molecule has 4 N–H and O–H groups in total. The van der Waals surface area contributed by atoms with Crippen molar-refractivity contribution in [1.82, 2.24) is 10.3 Å². The number of carbonyl (C=O) groups excluding carboxylic acids is 1. The van der Waals surface area contributed by atoms with Crippen LogP contribution in [0.5, 0.6) is 0 Å². The van der Waals surface area contributed by atoms with Crippen LogP contribution in [0.3, 0.4) is 0 Å². The van der Waals surface area contributed by atoms with E-state index >= 15 is 0 Å². The molecule has 0 unspecified atom stereocenters. The molecular formula is C18H17N5O3S. The molecule has 0 spiro atoms. The Labute approximate surface area is 156 Å². The highest BCUT2D eigenvalue weighted by Gasteiger charge is 2.14. The van der Waals surface area contributed by atoms with E-state index in [0.717, 1.165) is 11.8 Å². The standard InChI is InChI=1S/C18H17N5O3S/c1-27(25,26)23-14-9-5-8-13-17(14)16(22-18(19)20-11-24)10-15(21-13)12-6-3-2-4-7-12/h2-11,23H,1H3,(H3,19,20,21,22,24). The van der Waals surface area contributed by atoms with Crippen LogP contribution in [0.15, 0.2) is 54.6 Å². The summed E-state index contributed by atoms with van der Waals surface area (Å²) in [5.74, 6) is -0.245. The maximum Gasteiger partial charge on any atom is 0.229 e. The van der Waals surface area contributed by atoms with Gasteiger partial charge in [-0.05, 0) is 18.2 Å². The highest BCUT2D eigenvalue weighted by Crippen LogP contribution is 2.33. The summed E-state index contributed by atoms with van der Waals surface area (Å²) in [6.07, 6.45) is 1.44. The van der Waals surface area contributed by atoms with Gasteiger partial charge < -0.3 is 5.32 Å². The number of pyridine rings is 1. The van der Waals surface area contributed by atoms with Gasteiger partial charge >= 0.3 is 0 Å². The molecule has 2 aromatic carbocycles. The Hall–Kier alpha value is -3.46. The van der Waals surface area contributed by atoms with Gasteiger partial charge in [-0.15, -0.1) is 0 Å². The number of aromatic nitrogens is 1. The van der Waals surface area contributed by atoms with Crippen molar-refractivity contribution in [2.24, 2.45) is 0 Å². The van der Waals surface area contributed by atoms with Gasteiger partial charge in [0.1, 0.15) is 0 Å². The van der Waals surface area contributed by atoms with Crippen molar-refractivity contribution in [2.75, 3.05) is 16.3 Å². The number of hydrogen-bond acceptors (Lipinski definition) is 5. The lowest BCUT2D eigenvalue weighted by Gasteiger charge is -2.15. The lowest BCUT2D eigenvalue weighted by atomic mass is 10.1. The molecule has 0 aliphatic heterocycles. The summed E-state index contributed by atoms with van der Waals surface area (Å²) in [4.78, 5) is 15.2. The molecule has 0 radical (unpaired) electrons. The number of nitrogens with one attached hydrogen (secondary N) is 4. The minimum atomic E-state index is -3.52. The SMILES string of the molecule is CS(=O)(=O)Nc1cccc2nc(-c3ccccc3)cc(NC(=N)NC=O)c12. The van der Waals surface area contributed by atoms with Crippen LogP contribution in [0.2, 0.25) is 0 Å². The normalized spacial score (nSPS) is 11.0. The lowest BCUT2D eigenvalue weighted by Crippen LogP contribution is -2.28. The maximum absolute atomic E-state index is 11.7. The third kappa shape index (κ3) is 4.39. The predicted molar refractivity (Wildman–Crippen MR) is 106 cm³/mol. The Morgan fingerprint density at radius 2 is 1.81 bits per heavy atom. The number of benzene rings is 2. The summed E-state index contributed by atoms with van der Waals surface area (Å²) in [6, 6.07) is 16.2. The highest BCUT2D eigenvalue weighted by atomic mass is 32.2. The molecule has 0 aliphatic carbocycles. The van der Waals surface area contributed by atoms with Gasteiger partial charge in [0, 0.05) is 10.9 Å². The Morgan fingerprint density at radius 1 is 1.07 bits per heavy atom. The van der Waals surface area contributed by atoms with Crippen LogP contribution in [0.1, 0.15) is 0 Å². The molecule has 1 amide bonds. The topological polar surface area (TPSA) is 124 Å². The van der Waals surface area contributed by atoms with Gasteiger partial charge in [-0.3, -0.25) is 20.2 Å². The van der Waals surface area contributed by atoms with Crippen molar-refractivity contribution in [3.05, 3.63) is 54.6 Å². The number of guanidine groups is 1. The number of amides is 1. The summed E-state index contributed by atoms with van der Waals surface area (Å²) >= 11 is 0. The fraction of sp³-hybridized carbons (Fsp3) is 0.0556. The molecule has 0 aliphatic rings. The molecule has 9 heteroatoms. The molecule has 138 valence electrons. The molecule has 3 rings (SSSR count). The first-order valence-electron chi connectivity index (χ1n) is 7.90. The van der Waals surface area contributed by atoms with Crippen molar-refractivity contribution in [1.29, 1.82) is 5.41 Å². The van der Waals surface area contributed by atoms with E-state index in [4.69, 9.17) is 5.41 Å². The van der Waals surface area contributed by atoms with Crippen molar-refractivity contribution in [3.8, 4) is 11.3 Å². The van der Waals surface area contributed by atoms with E-state index in [1.807, 2.05) is 30.3 Å². The predicted octanol–water partition coefficient (Wildman–Crippen LogP) is 2.37. The van der Waals surface area contributed by atoms with Crippen LogP contribution in [0.4, 0.5) is 11.4 Å². The van der Waals surface area contributed by atoms with Gasteiger partial charge in [-0.2, -0.15) is 0 Å². The Balaban J connectivity index is 2.23. The van der Waals surface area contributed by atoms with Crippen LogP contribution >= 0.6 is 0 Å². The third-order valence-electron chi connectivity index (χ3n) is 3.66. The van der Waals surface area contributed by atoms with Gasteiger partial charge in [-0.1, -0.05) is 36.4 Å². The summed E-state index contributed by atoms with van der Waals surface area (Å²) in [7, 11) is -3.52. The molecular weight excluding hydrogens is 366 g/mol. The van der Waals surface area contributed by atoms with Gasteiger partial charge in [-0.25, -0.2) is 13.4 Å². The van der Waals surface area contributed by atoms with Crippen LogP contribution in [-0.4, -0.2) is 32.0 Å². The molecule has 0 bridgehead atoms. The second-order valence-electron chi connectivity index (χ2n) is 5.76. The number of rotatable bonds is 5. The lowest BCUT2D eigenvalue weighted by molar-refractivity contribution is -0.108. The number of hydrogen-bond donors (Lipinski definition) is 4. The minimum absolute atomic E-state index is 0.245. The quantitative estimate of drug-likeness (QED) is 0.306. The monoisotopic (exact) mass is 383 g/mol. The average molecular weight is 383 g/mol. The van der Waals surface area contributed by atoms with Gasteiger partial charge in [0.25, 0.3) is 0 Å². The van der Waals surface area contributed by atoms with Crippen LogP contribution in [0.25, 0.3) is 22.2 Å². The van der Waals surface area contributed by atoms with Crippen LogP contribution < -0.4 is 15.4 Å². The summed E-state index contributed by atoms with van der Waals surface area (Å²) in [5, 5.41) is 13.3. The van der Waals surface area contributed by atoms with Crippen LogP contribution in [0, 0.1) is 5.41 Å². The van der Waals surface area contributed by atoms with Crippen molar-refractivity contribution in [3.63, 3.8) is 0 Å². The number of fused-ring (bicyclic) bond motifs is 1. The fourth-order valence-corrected chi connectivity index (χ4v) is 3.23. The van der Waals surface area contributed by atoms with Crippen molar-refractivity contribution >= 4 is 44.7 Å². The number of nitrogens with zero attached hydrogens (tertiary/aromatic N) is 1. The second-order valence-corrected chi connectivity index (χ2v) is 7.51. The second kappa shape index (κ2) is 7.42. The van der Waals surface area contributed by atoms with Crippen molar-refractivity contribution < 1.29 is 13.2 Å². The first-order chi connectivity index (χ1) is 12.9. The average Bonchev–Trinajstić information content (AvgIpc) is 2.61. The van der Waals surface area contributed by atoms with E-state index in [9.17, 15) is 13.2 Å². The van der Waals surface area contributed by atoms with E-state index < -0.39 is 10.0 Å². The van der Waals surface area contributed by atoms with Gasteiger partial charge in [0.05, 0.1) is 28.8 Å². The minimum Gasteiger partial charge on any atom is -0.325 e. The van der Waals surface area contributed by atoms with E-state index in [1.165, 1.54) is 0 Å². The summed E-state index contributed by atoms with van der Waals surface area (Å²) in [6.45, 7) is 0. The molecule has 0 atom stereocenters. The Bertz CT molecular complexity index is 1110. The fourth-order valence-electron chi connectivity index (χ4n) is 2.66. The molecule has 1 heterocycles. The Morgan fingerprint density at radius 3 is 2.48 bits per heavy atom. The van der Waals surface area contributed by atoms with E-state index in [0.29, 0.717) is 34.4 Å². The third-order valence-corrected chi connectivity index (χ3v) is 4.25. The zero-order valence-corrected chi connectivity index (χ0v) is 15.2. The van der Waals surface area contributed by atoms with Crippen molar-refractivity contribution in [2.45, 2.75) is 0 Å². The number of anilines is 2. The van der Waals surface area contributed by atoms with E-state index in [-0.39, 0.29) is 5.96 Å². The van der Waals surface area contributed by atoms with E-state index in [1.54, 1.807) is 24.3 Å². The first kappa shape index (κ1) is 18.3. The molecule has 8 nitrogen and oxygen atoms in total. The zero-order chi connectivity index (χ0) is 19.4. The zero-order valence-electron chi connectivity index (χ0n) is 14.4. The largest absolute Gasteiger partial charge is 0.325 e. The van der Waals surface area contributed by atoms with Gasteiger partial charge in [0.2, 0.25) is 16.4 Å². The molecule has 27 heavy (non-hydrogen) atoms. The van der Waals surface area contributed by atoms with Gasteiger partial charge in [0.15, 0.2) is 5.96 Å². The first-order valence-corrected chi connectivity index (χ1v) is 9.79. The van der Waals surface area contributed by atoms with Crippen LogP contribution in [-0.2, 0) is 14.8 Å². The molecule has 1 aromatic heterocycles. The van der Waals surface area contributed by atoms with E-state index in [2.05, 4.69) is 20.3 Å². The highest BCUT2D eigenvalue weighted by molar-refractivity contribution is 7.92. The number of sulfonamides is 1. The molecule has 0 saturated heterocycles. The number of carbonyl (C=O) groups is 1. The molecule has 3 aromatic rings. The Kier molecular flexibility index (Phi) is 5.04. The summed E-state index contributed by atoms with van der Waals surface area (Å²) < 4.78 is 25.9.